The van der Waals surface area contributed by atoms with Crippen LogP contribution in [-0.2, 0) is 14.8 Å². The van der Waals surface area contributed by atoms with Crippen molar-refractivity contribution >= 4 is 44.8 Å². The van der Waals surface area contributed by atoms with E-state index in [0.717, 1.165) is 19.4 Å². The third-order valence-corrected chi connectivity index (χ3v) is 6.23. The van der Waals surface area contributed by atoms with Gasteiger partial charge in [-0.2, -0.15) is 0 Å². The zero-order valence-electron chi connectivity index (χ0n) is 14.2. The molecule has 0 aliphatic carbocycles. The first kappa shape index (κ1) is 19.9. The molecule has 1 aliphatic rings. The lowest BCUT2D eigenvalue weighted by Gasteiger charge is -2.12. The molecule has 0 saturated carbocycles. The van der Waals surface area contributed by atoms with Crippen molar-refractivity contribution in [2.75, 3.05) is 17.9 Å². The second-order valence-corrected chi connectivity index (χ2v) is 8.60. The molecule has 1 fully saturated rings. The van der Waals surface area contributed by atoms with E-state index in [1.807, 2.05) is 0 Å². The highest BCUT2D eigenvalue weighted by molar-refractivity contribution is 7.92. The average molecular weight is 429 g/mol. The van der Waals surface area contributed by atoms with E-state index in [2.05, 4.69) is 10.0 Å². The topological polar surface area (TPSA) is 84.5 Å². The summed E-state index contributed by atoms with van der Waals surface area (Å²) >= 11 is 11.7. The lowest BCUT2D eigenvalue weighted by molar-refractivity contribution is 0.0858. The lowest BCUT2D eigenvalue weighted by Crippen LogP contribution is -2.31. The fraction of sp³-hybridized carbons (Fsp3) is 0.278. The molecule has 6 nitrogen and oxygen atoms in total. The third kappa shape index (κ3) is 5.13. The second kappa shape index (κ2) is 8.48. The predicted octanol–water partition coefficient (Wildman–Crippen LogP) is 3.70. The Labute approximate surface area is 167 Å². The second-order valence-electron chi connectivity index (χ2n) is 6.10. The fourth-order valence-electron chi connectivity index (χ4n) is 2.66. The van der Waals surface area contributed by atoms with Crippen molar-refractivity contribution in [1.29, 1.82) is 0 Å². The zero-order chi connectivity index (χ0) is 19.4. The smallest absolute Gasteiger partial charge is 0.261 e. The molecule has 0 spiro atoms. The quantitative estimate of drug-likeness (QED) is 0.734. The van der Waals surface area contributed by atoms with Crippen LogP contribution in [0.5, 0.6) is 0 Å². The number of amides is 1. The van der Waals surface area contributed by atoms with Gasteiger partial charge in [0.05, 0.1) is 21.0 Å². The molecule has 27 heavy (non-hydrogen) atoms. The van der Waals surface area contributed by atoms with Crippen LogP contribution in [0.2, 0.25) is 10.0 Å². The molecule has 144 valence electrons. The Kier molecular flexibility index (Phi) is 6.26. The van der Waals surface area contributed by atoms with Crippen molar-refractivity contribution in [2.45, 2.75) is 23.8 Å². The molecule has 1 atom stereocenters. The molecule has 2 N–H and O–H groups in total. The van der Waals surface area contributed by atoms with E-state index in [1.165, 1.54) is 30.3 Å². The number of ether oxygens (including phenoxy) is 1. The molecule has 1 amide bonds. The molecule has 2 aromatic rings. The predicted molar refractivity (Wildman–Crippen MR) is 105 cm³/mol. The van der Waals surface area contributed by atoms with Crippen LogP contribution < -0.4 is 10.0 Å². The Hall–Kier alpha value is -1.80. The number of hydrogen-bond acceptors (Lipinski definition) is 4. The molecule has 3 rings (SSSR count). The number of anilines is 1. The van der Waals surface area contributed by atoms with Gasteiger partial charge in [-0.25, -0.2) is 8.42 Å². The summed E-state index contributed by atoms with van der Waals surface area (Å²) in [4.78, 5) is 12.2. The minimum atomic E-state index is -3.82. The SMILES string of the molecule is O=C(NCC1CCCO1)c1ccc(NS(=O)(=O)c2ccc(Cl)c(Cl)c2)cc1. The molecule has 1 aliphatic heterocycles. The molecule has 0 aromatic heterocycles. The molecular weight excluding hydrogens is 411 g/mol. The molecule has 1 unspecified atom stereocenters. The number of sulfonamides is 1. The van der Waals surface area contributed by atoms with E-state index in [4.69, 9.17) is 27.9 Å². The summed E-state index contributed by atoms with van der Waals surface area (Å²) in [5.41, 5.74) is 0.766. The minimum absolute atomic E-state index is 0.00437. The molecule has 0 bridgehead atoms. The molecular formula is C18H18Cl2N2O4S. The van der Waals surface area contributed by atoms with Gasteiger partial charge in [-0.1, -0.05) is 23.2 Å². The van der Waals surface area contributed by atoms with E-state index in [1.54, 1.807) is 12.1 Å². The third-order valence-electron chi connectivity index (χ3n) is 4.11. The Morgan fingerprint density at radius 2 is 1.85 bits per heavy atom. The summed E-state index contributed by atoms with van der Waals surface area (Å²) in [5, 5.41) is 3.24. The van der Waals surface area contributed by atoms with Crippen LogP contribution in [0.4, 0.5) is 5.69 Å². The van der Waals surface area contributed by atoms with E-state index in [9.17, 15) is 13.2 Å². The van der Waals surface area contributed by atoms with Crippen molar-refractivity contribution in [3.63, 3.8) is 0 Å². The van der Waals surface area contributed by atoms with Gasteiger partial charge >= 0.3 is 0 Å². The van der Waals surface area contributed by atoms with Gasteiger partial charge in [0.1, 0.15) is 0 Å². The van der Waals surface area contributed by atoms with Crippen LogP contribution in [0.1, 0.15) is 23.2 Å². The van der Waals surface area contributed by atoms with Crippen molar-refractivity contribution < 1.29 is 17.9 Å². The van der Waals surface area contributed by atoms with E-state index < -0.39 is 10.0 Å². The van der Waals surface area contributed by atoms with Crippen LogP contribution in [-0.4, -0.2) is 33.6 Å². The Balaban J connectivity index is 1.64. The molecule has 2 aromatic carbocycles. The van der Waals surface area contributed by atoms with Gasteiger partial charge in [-0.15, -0.1) is 0 Å². The van der Waals surface area contributed by atoms with Crippen LogP contribution in [0.3, 0.4) is 0 Å². The molecule has 0 radical (unpaired) electrons. The number of nitrogens with one attached hydrogen (secondary N) is 2. The van der Waals surface area contributed by atoms with Crippen molar-refractivity contribution in [1.82, 2.24) is 5.32 Å². The molecule has 9 heteroatoms. The molecule has 1 saturated heterocycles. The van der Waals surface area contributed by atoms with Gasteiger partial charge < -0.3 is 10.1 Å². The number of carbonyl (C=O) groups is 1. The van der Waals surface area contributed by atoms with Crippen LogP contribution >= 0.6 is 23.2 Å². The Bertz CT molecular complexity index is 927. The largest absolute Gasteiger partial charge is 0.376 e. The summed E-state index contributed by atoms with van der Waals surface area (Å²) in [6, 6.07) is 10.2. The van der Waals surface area contributed by atoms with E-state index >= 15 is 0 Å². The first-order valence-corrected chi connectivity index (χ1v) is 10.6. The highest BCUT2D eigenvalue weighted by atomic mass is 35.5. The first-order chi connectivity index (χ1) is 12.8. The van der Waals surface area contributed by atoms with Crippen molar-refractivity contribution in [2.24, 2.45) is 0 Å². The summed E-state index contributed by atoms with van der Waals surface area (Å²) < 4.78 is 32.8. The normalized spacial score (nSPS) is 16.9. The van der Waals surface area contributed by atoms with Gasteiger partial charge in [-0.3, -0.25) is 9.52 Å². The maximum atomic E-state index is 12.4. The van der Waals surface area contributed by atoms with Gasteiger partial charge in [0.25, 0.3) is 15.9 Å². The highest BCUT2D eigenvalue weighted by Crippen LogP contribution is 2.26. The standard InChI is InChI=1S/C18H18Cl2N2O4S/c19-16-8-7-15(10-17(16)20)27(24,25)22-13-5-3-12(4-6-13)18(23)21-11-14-2-1-9-26-14/h3-8,10,14,22H,1-2,9,11H2,(H,21,23). The van der Waals surface area contributed by atoms with Gasteiger partial charge in [0, 0.05) is 24.4 Å². The minimum Gasteiger partial charge on any atom is -0.376 e. The number of rotatable bonds is 6. The zero-order valence-corrected chi connectivity index (χ0v) is 16.6. The summed E-state index contributed by atoms with van der Waals surface area (Å²) in [5.74, 6) is -0.232. The lowest BCUT2D eigenvalue weighted by atomic mass is 10.2. The fourth-order valence-corrected chi connectivity index (χ4v) is 4.11. The first-order valence-electron chi connectivity index (χ1n) is 8.33. The van der Waals surface area contributed by atoms with Gasteiger partial charge in [-0.05, 0) is 55.3 Å². The van der Waals surface area contributed by atoms with Crippen molar-refractivity contribution in [3.05, 3.63) is 58.1 Å². The van der Waals surface area contributed by atoms with Crippen molar-refractivity contribution in [3.8, 4) is 0 Å². The summed E-state index contributed by atoms with van der Waals surface area (Å²) in [6.45, 7) is 1.19. The number of halogens is 2. The Morgan fingerprint density at radius 3 is 2.48 bits per heavy atom. The number of hydrogen-bond donors (Lipinski definition) is 2. The van der Waals surface area contributed by atoms with Crippen LogP contribution in [0, 0.1) is 0 Å². The summed E-state index contributed by atoms with van der Waals surface area (Å²) in [6.07, 6.45) is 2.01. The van der Waals surface area contributed by atoms with E-state index in [-0.39, 0.29) is 27.0 Å². The Morgan fingerprint density at radius 1 is 1.11 bits per heavy atom. The maximum absolute atomic E-state index is 12.4. The van der Waals surface area contributed by atoms with Crippen LogP contribution in [0.15, 0.2) is 47.4 Å². The molecule has 1 heterocycles. The monoisotopic (exact) mass is 428 g/mol. The highest BCUT2D eigenvalue weighted by Gasteiger charge is 2.18. The van der Waals surface area contributed by atoms with Gasteiger partial charge in [0.2, 0.25) is 0 Å². The van der Waals surface area contributed by atoms with Gasteiger partial charge in [0.15, 0.2) is 0 Å². The number of benzene rings is 2. The number of carbonyl (C=O) groups excluding carboxylic acids is 1. The summed E-state index contributed by atoms with van der Waals surface area (Å²) in [7, 11) is -3.82. The maximum Gasteiger partial charge on any atom is 0.261 e. The van der Waals surface area contributed by atoms with Crippen LogP contribution in [0.25, 0.3) is 0 Å². The average Bonchev–Trinajstić information content (AvgIpc) is 3.16. The van der Waals surface area contributed by atoms with E-state index in [0.29, 0.717) is 17.8 Å².